The van der Waals surface area contributed by atoms with Gasteiger partial charge in [0.05, 0.1) is 11.4 Å². The molecule has 0 aliphatic rings. The number of para-hydroxylation sites is 1. The summed E-state index contributed by atoms with van der Waals surface area (Å²) in [6.45, 7) is 4.31. The van der Waals surface area contributed by atoms with Crippen molar-refractivity contribution in [3.8, 4) is 23.0 Å². The number of benzene rings is 2. The number of carbonyl (C=O) groups excluding carboxylic acids is 1. The largest absolute Gasteiger partial charge is 0.352 e. The Morgan fingerprint density at radius 2 is 1.89 bits per heavy atom. The van der Waals surface area contributed by atoms with Crippen LogP contribution in [0.2, 0.25) is 0 Å². The van der Waals surface area contributed by atoms with Gasteiger partial charge in [-0.15, -0.1) is 0 Å². The minimum absolute atomic E-state index is 0.0535. The molecule has 0 spiro atoms. The zero-order valence-electron chi connectivity index (χ0n) is 15.3. The van der Waals surface area contributed by atoms with Gasteiger partial charge in [0.25, 0.3) is 5.91 Å². The van der Waals surface area contributed by atoms with Crippen molar-refractivity contribution in [3.63, 3.8) is 0 Å². The van der Waals surface area contributed by atoms with Crippen LogP contribution in [0.5, 0.6) is 0 Å². The standard InChI is InChI=1S/C22H20N4O/c1-3-24-22(27)18(14-23)13-19-15-26(20-7-5-4-6-8-20)25-21(19)17-11-9-16(2)10-12-17/h4-13,15H,3H2,1-2H3,(H,24,27)/b18-13+. The van der Waals surface area contributed by atoms with Crippen molar-refractivity contribution in [2.75, 3.05) is 6.54 Å². The molecule has 0 fully saturated rings. The lowest BCUT2D eigenvalue weighted by atomic mass is 10.0. The molecule has 1 N–H and O–H groups in total. The third kappa shape index (κ3) is 4.13. The van der Waals surface area contributed by atoms with Gasteiger partial charge in [0.1, 0.15) is 11.6 Å². The summed E-state index contributed by atoms with van der Waals surface area (Å²) in [6, 6.07) is 19.7. The fourth-order valence-corrected chi connectivity index (χ4v) is 2.70. The maximum absolute atomic E-state index is 12.1. The van der Waals surface area contributed by atoms with E-state index in [2.05, 4.69) is 5.32 Å². The van der Waals surface area contributed by atoms with Crippen molar-refractivity contribution in [2.24, 2.45) is 0 Å². The summed E-state index contributed by atoms with van der Waals surface area (Å²) in [6.07, 6.45) is 3.42. The topological polar surface area (TPSA) is 70.7 Å². The Hall–Kier alpha value is -3.65. The SMILES string of the molecule is CCNC(=O)/C(C#N)=C/c1cn(-c2ccccc2)nc1-c1ccc(C)cc1. The molecule has 0 aliphatic heterocycles. The molecule has 1 aromatic heterocycles. The van der Waals surface area contributed by atoms with E-state index >= 15 is 0 Å². The lowest BCUT2D eigenvalue weighted by Crippen LogP contribution is -2.23. The first-order valence-corrected chi connectivity index (χ1v) is 8.74. The molecule has 134 valence electrons. The molecule has 0 bridgehead atoms. The van der Waals surface area contributed by atoms with Gasteiger partial charge in [-0.05, 0) is 32.1 Å². The highest BCUT2D eigenvalue weighted by Gasteiger charge is 2.14. The van der Waals surface area contributed by atoms with Gasteiger partial charge in [0.2, 0.25) is 0 Å². The second kappa shape index (κ2) is 8.15. The predicted octanol–water partition coefficient (Wildman–Crippen LogP) is 3.89. The molecular weight excluding hydrogens is 336 g/mol. The number of hydrogen-bond donors (Lipinski definition) is 1. The third-order valence-electron chi connectivity index (χ3n) is 4.09. The highest BCUT2D eigenvalue weighted by molar-refractivity contribution is 6.02. The van der Waals surface area contributed by atoms with Crippen molar-refractivity contribution in [3.05, 3.63) is 77.5 Å². The molecule has 0 unspecified atom stereocenters. The molecule has 1 heterocycles. The second-order valence-corrected chi connectivity index (χ2v) is 6.11. The van der Waals surface area contributed by atoms with E-state index in [9.17, 15) is 10.1 Å². The fourth-order valence-electron chi connectivity index (χ4n) is 2.70. The van der Waals surface area contributed by atoms with Crippen molar-refractivity contribution < 1.29 is 4.79 Å². The van der Waals surface area contributed by atoms with Gasteiger partial charge in [0.15, 0.2) is 0 Å². The lowest BCUT2D eigenvalue weighted by Gasteiger charge is -2.02. The Bertz CT molecular complexity index is 1010. The molecule has 5 heteroatoms. The molecule has 2 aromatic carbocycles. The summed E-state index contributed by atoms with van der Waals surface area (Å²) < 4.78 is 1.76. The molecule has 0 atom stereocenters. The first kappa shape index (κ1) is 18.2. The van der Waals surface area contributed by atoms with Crippen LogP contribution in [0, 0.1) is 18.3 Å². The number of likely N-dealkylation sites (N-methyl/N-ethyl adjacent to an activating group) is 1. The van der Waals surface area contributed by atoms with E-state index < -0.39 is 0 Å². The first-order chi connectivity index (χ1) is 13.1. The minimum atomic E-state index is -0.387. The maximum Gasteiger partial charge on any atom is 0.261 e. The van der Waals surface area contributed by atoms with E-state index in [0.29, 0.717) is 12.1 Å². The minimum Gasteiger partial charge on any atom is -0.352 e. The molecule has 0 saturated carbocycles. The molecule has 3 aromatic rings. The number of aromatic nitrogens is 2. The summed E-state index contributed by atoms with van der Waals surface area (Å²) in [4.78, 5) is 12.1. The highest BCUT2D eigenvalue weighted by Crippen LogP contribution is 2.26. The van der Waals surface area contributed by atoms with E-state index in [1.165, 1.54) is 0 Å². The number of rotatable bonds is 5. The smallest absolute Gasteiger partial charge is 0.261 e. The zero-order valence-corrected chi connectivity index (χ0v) is 15.3. The van der Waals surface area contributed by atoms with Gasteiger partial charge < -0.3 is 5.32 Å². The molecule has 5 nitrogen and oxygen atoms in total. The van der Waals surface area contributed by atoms with Crippen LogP contribution >= 0.6 is 0 Å². The van der Waals surface area contributed by atoms with Crippen LogP contribution in [0.4, 0.5) is 0 Å². The molecular formula is C22H20N4O. The lowest BCUT2D eigenvalue weighted by molar-refractivity contribution is -0.116. The second-order valence-electron chi connectivity index (χ2n) is 6.11. The molecule has 1 amide bonds. The number of aryl methyl sites for hydroxylation is 1. The fraction of sp³-hybridized carbons (Fsp3) is 0.136. The number of carbonyl (C=O) groups is 1. The summed E-state index contributed by atoms with van der Waals surface area (Å²) in [5.41, 5.74) is 4.47. The highest BCUT2D eigenvalue weighted by atomic mass is 16.1. The van der Waals surface area contributed by atoms with Gasteiger partial charge in [-0.25, -0.2) is 4.68 Å². The zero-order chi connectivity index (χ0) is 19.2. The normalized spacial score (nSPS) is 11.1. The van der Waals surface area contributed by atoms with Crippen LogP contribution in [0.15, 0.2) is 66.4 Å². The van der Waals surface area contributed by atoms with Gasteiger partial charge in [-0.2, -0.15) is 10.4 Å². The van der Waals surface area contributed by atoms with Crippen LogP contribution in [-0.2, 0) is 4.79 Å². The Morgan fingerprint density at radius 3 is 2.52 bits per heavy atom. The Balaban J connectivity index is 2.13. The summed E-state index contributed by atoms with van der Waals surface area (Å²) >= 11 is 0. The van der Waals surface area contributed by atoms with Gasteiger partial charge in [-0.1, -0.05) is 48.0 Å². The van der Waals surface area contributed by atoms with E-state index in [0.717, 1.165) is 22.5 Å². The van der Waals surface area contributed by atoms with Crippen LogP contribution in [0.25, 0.3) is 23.0 Å². The average Bonchev–Trinajstić information content (AvgIpc) is 3.11. The molecule has 27 heavy (non-hydrogen) atoms. The summed E-state index contributed by atoms with van der Waals surface area (Å²) in [5.74, 6) is -0.387. The van der Waals surface area contributed by atoms with Crippen LogP contribution in [0.3, 0.4) is 0 Å². The van der Waals surface area contributed by atoms with Crippen molar-refractivity contribution in [2.45, 2.75) is 13.8 Å². The number of nitriles is 1. The Morgan fingerprint density at radius 1 is 1.19 bits per heavy atom. The Labute approximate surface area is 158 Å². The van der Waals surface area contributed by atoms with E-state index in [-0.39, 0.29) is 11.5 Å². The van der Waals surface area contributed by atoms with Crippen molar-refractivity contribution in [1.29, 1.82) is 5.26 Å². The van der Waals surface area contributed by atoms with Gasteiger partial charge in [0, 0.05) is 23.9 Å². The third-order valence-corrected chi connectivity index (χ3v) is 4.09. The predicted molar refractivity (Wildman–Crippen MR) is 106 cm³/mol. The molecule has 3 rings (SSSR count). The molecule has 0 saturated heterocycles. The van der Waals surface area contributed by atoms with E-state index in [1.54, 1.807) is 10.8 Å². The number of amides is 1. The van der Waals surface area contributed by atoms with Crippen LogP contribution < -0.4 is 5.32 Å². The first-order valence-electron chi connectivity index (χ1n) is 8.74. The van der Waals surface area contributed by atoms with Crippen molar-refractivity contribution in [1.82, 2.24) is 15.1 Å². The number of nitrogens with zero attached hydrogens (tertiary/aromatic N) is 3. The summed E-state index contributed by atoms with van der Waals surface area (Å²) in [7, 11) is 0. The molecule has 0 aliphatic carbocycles. The maximum atomic E-state index is 12.1. The number of nitrogens with one attached hydrogen (secondary N) is 1. The number of hydrogen-bond acceptors (Lipinski definition) is 3. The molecule has 0 radical (unpaired) electrons. The van der Waals surface area contributed by atoms with Crippen LogP contribution in [0.1, 0.15) is 18.1 Å². The van der Waals surface area contributed by atoms with E-state index in [4.69, 9.17) is 5.10 Å². The van der Waals surface area contributed by atoms with Crippen molar-refractivity contribution >= 4 is 12.0 Å². The monoisotopic (exact) mass is 356 g/mol. The van der Waals surface area contributed by atoms with Crippen LogP contribution in [-0.4, -0.2) is 22.2 Å². The van der Waals surface area contributed by atoms with E-state index in [1.807, 2.05) is 80.7 Å². The van der Waals surface area contributed by atoms with Gasteiger partial charge >= 0.3 is 0 Å². The quantitative estimate of drug-likeness (QED) is 0.557. The summed E-state index contributed by atoms with van der Waals surface area (Å²) in [5, 5.41) is 16.8. The Kier molecular flexibility index (Phi) is 5.48. The average molecular weight is 356 g/mol. The van der Waals surface area contributed by atoms with Gasteiger partial charge in [-0.3, -0.25) is 4.79 Å².